The third kappa shape index (κ3) is 5.72. The zero-order valence-corrected chi connectivity index (χ0v) is 18.1. The smallest absolute Gasteiger partial charge is 0.363 e. The van der Waals surface area contributed by atoms with Crippen LogP contribution in [0.2, 0.25) is 0 Å². The van der Waals surface area contributed by atoms with Crippen LogP contribution in [0.4, 0.5) is 0 Å². The first-order valence-corrected chi connectivity index (χ1v) is 10.2. The molecular weight excluding hydrogens is 394 g/mol. The number of carbonyl (C=O) groups is 2. The molecule has 0 atom stereocenters. The molecule has 1 heterocycles. The third-order valence-electron chi connectivity index (χ3n) is 4.78. The predicted octanol–water partition coefficient (Wildman–Crippen LogP) is 3.78. The number of rotatable bonds is 9. The first-order chi connectivity index (χ1) is 15.0. The van der Waals surface area contributed by atoms with Crippen molar-refractivity contribution in [3.8, 4) is 11.4 Å². The number of hydrogen-bond donors (Lipinski definition) is 0. The molecule has 0 aliphatic carbocycles. The standard InChI is InChI=1S/C24H27N3O4/c1-4-14-26(15-19-12-10-18(2)11-13-19)22(28)17-31-24(29)23-21(30-3)16-27(25-23)20-8-6-5-7-9-20/h5-13,16H,4,14-15,17H2,1-3H3. The zero-order valence-electron chi connectivity index (χ0n) is 18.1. The molecule has 0 spiro atoms. The van der Waals surface area contributed by atoms with Gasteiger partial charge in [-0.1, -0.05) is 55.0 Å². The largest absolute Gasteiger partial charge is 0.493 e. The van der Waals surface area contributed by atoms with E-state index in [4.69, 9.17) is 9.47 Å². The van der Waals surface area contributed by atoms with Crippen molar-refractivity contribution < 1.29 is 19.1 Å². The lowest BCUT2D eigenvalue weighted by Gasteiger charge is -2.22. The van der Waals surface area contributed by atoms with Gasteiger partial charge in [0.1, 0.15) is 0 Å². The third-order valence-corrected chi connectivity index (χ3v) is 4.78. The Kier molecular flexibility index (Phi) is 7.43. The SMILES string of the molecule is CCCN(Cc1ccc(C)cc1)C(=O)COC(=O)c1nn(-c2ccccc2)cc1OC. The van der Waals surface area contributed by atoms with Crippen molar-refractivity contribution in [1.29, 1.82) is 0 Å². The molecule has 0 radical (unpaired) electrons. The first-order valence-electron chi connectivity index (χ1n) is 10.2. The molecule has 3 rings (SSSR count). The summed E-state index contributed by atoms with van der Waals surface area (Å²) < 4.78 is 12.1. The molecule has 0 fully saturated rings. The van der Waals surface area contributed by atoms with E-state index >= 15 is 0 Å². The van der Waals surface area contributed by atoms with Gasteiger partial charge in [0.05, 0.1) is 19.0 Å². The van der Waals surface area contributed by atoms with Gasteiger partial charge in [-0.3, -0.25) is 4.79 Å². The molecule has 3 aromatic rings. The van der Waals surface area contributed by atoms with E-state index in [-0.39, 0.29) is 24.0 Å². The molecule has 0 aliphatic heterocycles. The van der Waals surface area contributed by atoms with Gasteiger partial charge in [-0.2, -0.15) is 5.10 Å². The average Bonchev–Trinajstić information content (AvgIpc) is 3.23. The Morgan fingerprint density at radius 1 is 1.06 bits per heavy atom. The van der Waals surface area contributed by atoms with Crippen molar-refractivity contribution >= 4 is 11.9 Å². The Hall–Kier alpha value is -3.61. The summed E-state index contributed by atoms with van der Waals surface area (Å²) in [7, 11) is 1.46. The summed E-state index contributed by atoms with van der Waals surface area (Å²) in [5.74, 6) is -0.671. The van der Waals surface area contributed by atoms with Crippen molar-refractivity contribution in [1.82, 2.24) is 14.7 Å². The second-order valence-corrected chi connectivity index (χ2v) is 7.20. The van der Waals surface area contributed by atoms with Crippen LogP contribution in [-0.4, -0.2) is 46.8 Å². The van der Waals surface area contributed by atoms with Crippen molar-refractivity contribution in [2.24, 2.45) is 0 Å². The summed E-state index contributed by atoms with van der Waals surface area (Å²) >= 11 is 0. The Morgan fingerprint density at radius 2 is 1.77 bits per heavy atom. The van der Waals surface area contributed by atoms with Crippen LogP contribution in [0.1, 0.15) is 35.0 Å². The molecule has 1 aromatic heterocycles. The second-order valence-electron chi connectivity index (χ2n) is 7.20. The van der Waals surface area contributed by atoms with Crippen LogP contribution in [-0.2, 0) is 16.1 Å². The summed E-state index contributed by atoms with van der Waals surface area (Å²) in [5.41, 5.74) is 3.00. The van der Waals surface area contributed by atoms with E-state index in [2.05, 4.69) is 5.10 Å². The monoisotopic (exact) mass is 421 g/mol. The Labute approximate surface area is 182 Å². The maximum atomic E-state index is 12.7. The molecule has 7 heteroatoms. The lowest BCUT2D eigenvalue weighted by Crippen LogP contribution is -2.35. The van der Waals surface area contributed by atoms with Gasteiger partial charge in [0.15, 0.2) is 12.4 Å². The lowest BCUT2D eigenvalue weighted by molar-refractivity contribution is -0.135. The molecule has 1 amide bonds. The van der Waals surface area contributed by atoms with Crippen LogP contribution in [0, 0.1) is 6.92 Å². The highest BCUT2D eigenvalue weighted by Gasteiger charge is 2.22. The van der Waals surface area contributed by atoms with Gasteiger partial charge >= 0.3 is 5.97 Å². The van der Waals surface area contributed by atoms with E-state index in [0.717, 1.165) is 23.2 Å². The second kappa shape index (κ2) is 10.4. The fraction of sp³-hybridized carbons (Fsp3) is 0.292. The number of amides is 1. The number of para-hydroxylation sites is 1. The van der Waals surface area contributed by atoms with Gasteiger partial charge < -0.3 is 14.4 Å². The van der Waals surface area contributed by atoms with Crippen molar-refractivity contribution in [3.05, 3.63) is 77.6 Å². The molecule has 0 saturated heterocycles. The van der Waals surface area contributed by atoms with Gasteiger partial charge in [-0.25, -0.2) is 9.48 Å². The van der Waals surface area contributed by atoms with Gasteiger partial charge in [-0.15, -0.1) is 0 Å². The molecule has 2 aromatic carbocycles. The number of methoxy groups -OCH3 is 1. The maximum absolute atomic E-state index is 12.7. The van der Waals surface area contributed by atoms with Gasteiger partial charge in [0.25, 0.3) is 5.91 Å². The van der Waals surface area contributed by atoms with Crippen LogP contribution in [0.15, 0.2) is 60.8 Å². The van der Waals surface area contributed by atoms with E-state index in [1.807, 2.05) is 68.4 Å². The predicted molar refractivity (Wildman–Crippen MR) is 117 cm³/mol. The number of ether oxygens (including phenoxy) is 2. The molecule has 7 nitrogen and oxygen atoms in total. The molecule has 162 valence electrons. The van der Waals surface area contributed by atoms with Gasteiger partial charge in [0, 0.05) is 13.1 Å². The van der Waals surface area contributed by atoms with E-state index in [1.165, 1.54) is 11.8 Å². The van der Waals surface area contributed by atoms with Crippen LogP contribution >= 0.6 is 0 Å². The Balaban J connectivity index is 1.66. The van der Waals surface area contributed by atoms with Crippen molar-refractivity contribution in [3.63, 3.8) is 0 Å². The van der Waals surface area contributed by atoms with Crippen molar-refractivity contribution in [2.45, 2.75) is 26.8 Å². The molecule has 0 saturated carbocycles. The normalized spacial score (nSPS) is 10.5. The number of esters is 1. The van der Waals surface area contributed by atoms with E-state index in [0.29, 0.717) is 13.1 Å². The topological polar surface area (TPSA) is 73.7 Å². The first kappa shape index (κ1) is 22.1. The summed E-state index contributed by atoms with van der Waals surface area (Å²) in [6, 6.07) is 17.4. The highest BCUT2D eigenvalue weighted by Crippen LogP contribution is 2.20. The lowest BCUT2D eigenvalue weighted by atomic mass is 10.1. The van der Waals surface area contributed by atoms with Crippen LogP contribution in [0.3, 0.4) is 0 Å². The fourth-order valence-electron chi connectivity index (χ4n) is 3.12. The number of carbonyl (C=O) groups excluding carboxylic acids is 2. The minimum Gasteiger partial charge on any atom is -0.493 e. The van der Waals surface area contributed by atoms with E-state index in [1.54, 1.807) is 11.1 Å². The van der Waals surface area contributed by atoms with Gasteiger partial charge in [0.2, 0.25) is 5.69 Å². The fourth-order valence-corrected chi connectivity index (χ4v) is 3.12. The van der Waals surface area contributed by atoms with Crippen molar-refractivity contribution in [2.75, 3.05) is 20.3 Å². The minimum atomic E-state index is -0.702. The molecule has 0 aliphatic rings. The average molecular weight is 421 g/mol. The summed E-state index contributed by atoms with van der Waals surface area (Å²) in [6.07, 6.45) is 2.41. The van der Waals surface area contributed by atoms with Crippen LogP contribution in [0.25, 0.3) is 5.69 Å². The zero-order chi connectivity index (χ0) is 22.2. The number of benzene rings is 2. The Bertz CT molecular complexity index is 1010. The quantitative estimate of drug-likeness (QED) is 0.492. The Morgan fingerprint density at radius 3 is 2.42 bits per heavy atom. The molecule has 0 unspecified atom stereocenters. The number of aryl methyl sites for hydroxylation is 1. The molecule has 31 heavy (non-hydrogen) atoms. The van der Waals surface area contributed by atoms with Gasteiger partial charge in [-0.05, 0) is 31.0 Å². The summed E-state index contributed by atoms with van der Waals surface area (Å²) in [4.78, 5) is 27.0. The number of aromatic nitrogens is 2. The van der Waals surface area contributed by atoms with Crippen LogP contribution < -0.4 is 4.74 Å². The molecule has 0 N–H and O–H groups in total. The number of hydrogen-bond acceptors (Lipinski definition) is 5. The summed E-state index contributed by atoms with van der Waals surface area (Å²) in [6.45, 7) is 4.72. The molecule has 0 bridgehead atoms. The summed E-state index contributed by atoms with van der Waals surface area (Å²) in [5, 5.41) is 4.28. The highest BCUT2D eigenvalue weighted by molar-refractivity contribution is 5.92. The number of nitrogens with zero attached hydrogens (tertiary/aromatic N) is 3. The van der Waals surface area contributed by atoms with E-state index in [9.17, 15) is 9.59 Å². The van der Waals surface area contributed by atoms with E-state index < -0.39 is 5.97 Å². The maximum Gasteiger partial charge on any atom is 0.363 e. The molecular formula is C24H27N3O4. The highest BCUT2D eigenvalue weighted by atomic mass is 16.5. The minimum absolute atomic E-state index is 0.0275. The van der Waals surface area contributed by atoms with Crippen LogP contribution in [0.5, 0.6) is 5.75 Å².